The van der Waals surface area contributed by atoms with Crippen LogP contribution in [0.5, 0.6) is 0 Å². The van der Waals surface area contributed by atoms with Gasteiger partial charge in [-0.15, -0.1) is 11.7 Å². The van der Waals surface area contributed by atoms with Crippen molar-refractivity contribution in [3.05, 3.63) is 72.2 Å². The number of pyridine rings is 1. The number of hydrogen-bond donors (Lipinski definition) is 0. The number of hydrogen-bond acceptors (Lipinski definition) is 5. The predicted octanol–water partition coefficient (Wildman–Crippen LogP) is 2.93. The minimum atomic E-state index is -0.123. The van der Waals surface area contributed by atoms with Crippen LogP contribution in [-0.2, 0) is 0 Å². The summed E-state index contributed by atoms with van der Waals surface area (Å²) >= 11 is 6.02. The maximum absolute atomic E-state index is 13.3. The van der Waals surface area contributed by atoms with Gasteiger partial charge in [0, 0.05) is 55.7 Å². The molecule has 3 heterocycles. The smallest absolute Gasteiger partial charge is 0.276 e. The molecule has 148 valence electrons. The zero-order chi connectivity index (χ0) is 20.2. The van der Waals surface area contributed by atoms with Gasteiger partial charge >= 0.3 is 0 Å². The summed E-state index contributed by atoms with van der Waals surface area (Å²) in [4.78, 5) is 21.6. The number of carbonyl (C=O) groups excluding carboxylic acids is 1. The lowest BCUT2D eigenvalue weighted by Crippen LogP contribution is -2.48. The first kappa shape index (κ1) is 19.3. The van der Waals surface area contributed by atoms with E-state index in [2.05, 4.69) is 26.8 Å². The molecule has 8 heteroatoms. The van der Waals surface area contributed by atoms with Crippen LogP contribution in [0.25, 0.3) is 16.9 Å². The van der Waals surface area contributed by atoms with Crippen LogP contribution in [0.3, 0.4) is 0 Å². The summed E-state index contributed by atoms with van der Waals surface area (Å²) in [5.41, 5.74) is 2.50. The van der Waals surface area contributed by atoms with Crippen molar-refractivity contribution in [3.8, 4) is 16.9 Å². The third-order valence-electron chi connectivity index (χ3n) is 4.93. The molecule has 4 rings (SSSR count). The molecule has 3 aromatic rings. The molecule has 1 aromatic carbocycles. The monoisotopic (exact) mass is 408 g/mol. The second kappa shape index (κ2) is 8.55. The van der Waals surface area contributed by atoms with Gasteiger partial charge < -0.3 is 4.90 Å². The summed E-state index contributed by atoms with van der Waals surface area (Å²) in [6, 6.07) is 11.0. The van der Waals surface area contributed by atoms with E-state index in [4.69, 9.17) is 11.6 Å². The number of carbonyl (C=O) groups is 1. The second-order valence-electron chi connectivity index (χ2n) is 6.80. The molecule has 2 aromatic heterocycles. The predicted molar refractivity (Wildman–Crippen MR) is 112 cm³/mol. The molecule has 0 spiro atoms. The van der Waals surface area contributed by atoms with Crippen molar-refractivity contribution in [3.63, 3.8) is 0 Å². The molecule has 7 nitrogen and oxygen atoms in total. The van der Waals surface area contributed by atoms with Crippen molar-refractivity contribution >= 4 is 17.5 Å². The lowest BCUT2D eigenvalue weighted by molar-refractivity contribution is 0.0645. The average Bonchev–Trinajstić information content (AvgIpc) is 3.20. The van der Waals surface area contributed by atoms with Crippen molar-refractivity contribution in [2.24, 2.45) is 0 Å². The van der Waals surface area contributed by atoms with Crippen molar-refractivity contribution in [2.45, 2.75) is 0 Å². The van der Waals surface area contributed by atoms with Gasteiger partial charge in [0.2, 0.25) is 0 Å². The summed E-state index contributed by atoms with van der Waals surface area (Å²) in [7, 11) is 0. The molecule has 1 aliphatic heterocycles. The molecule has 0 aliphatic carbocycles. The van der Waals surface area contributed by atoms with E-state index >= 15 is 0 Å². The summed E-state index contributed by atoms with van der Waals surface area (Å²) in [6.07, 6.45) is 5.29. The quantitative estimate of drug-likeness (QED) is 0.607. The highest BCUT2D eigenvalue weighted by Crippen LogP contribution is 2.26. The SMILES string of the molecule is C=CCN1CCN(C(=O)c2nnn(-c3ccc(Cl)cc3)c2-c2cccnc2)CC1. The molecule has 1 aliphatic rings. The number of rotatable bonds is 5. The molecule has 1 fully saturated rings. The van der Waals surface area contributed by atoms with Crippen LogP contribution in [0.1, 0.15) is 10.5 Å². The number of piperazine rings is 1. The fourth-order valence-corrected chi connectivity index (χ4v) is 3.54. The zero-order valence-corrected chi connectivity index (χ0v) is 16.7. The van der Waals surface area contributed by atoms with Crippen LogP contribution >= 0.6 is 11.6 Å². The van der Waals surface area contributed by atoms with E-state index in [0.717, 1.165) is 30.9 Å². The van der Waals surface area contributed by atoms with Crippen molar-refractivity contribution < 1.29 is 4.79 Å². The topological polar surface area (TPSA) is 67.2 Å². The molecule has 0 atom stereocenters. The second-order valence-corrected chi connectivity index (χ2v) is 7.23. The van der Waals surface area contributed by atoms with Gasteiger partial charge in [-0.05, 0) is 36.4 Å². The first-order valence-electron chi connectivity index (χ1n) is 9.42. The Morgan fingerprint density at radius 1 is 1.14 bits per heavy atom. The molecule has 0 radical (unpaired) electrons. The van der Waals surface area contributed by atoms with Crippen LogP contribution in [-0.4, -0.2) is 68.4 Å². The van der Waals surface area contributed by atoms with Gasteiger partial charge in [-0.25, -0.2) is 4.68 Å². The van der Waals surface area contributed by atoms with E-state index in [1.54, 1.807) is 29.2 Å². The third-order valence-corrected chi connectivity index (χ3v) is 5.18. The van der Waals surface area contributed by atoms with Crippen LogP contribution in [0.15, 0.2) is 61.4 Å². The minimum Gasteiger partial charge on any atom is -0.335 e. The van der Waals surface area contributed by atoms with Gasteiger partial charge in [-0.1, -0.05) is 22.9 Å². The normalized spacial score (nSPS) is 14.7. The maximum Gasteiger partial charge on any atom is 0.276 e. The Balaban J connectivity index is 1.69. The Bertz CT molecular complexity index is 994. The number of halogens is 1. The van der Waals surface area contributed by atoms with Gasteiger partial charge in [0.05, 0.1) is 5.69 Å². The van der Waals surface area contributed by atoms with E-state index in [9.17, 15) is 4.79 Å². The largest absolute Gasteiger partial charge is 0.335 e. The van der Waals surface area contributed by atoms with Crippen LogP contribution in [0.4, 0.5) is 0 Å². The Morgan fingerprint density at radius 2 is 1.90 bits per heavy atom. The first-order valence-corrected chi connectivity index (χ1v) is 9.79. The Kier molecular flexibility index (Phi) is 5.69. The van der Waals surface area contributed by atoms with Crippen molar-refractivity contribution in [1.29, 1.82) is 0 Å². The molecular formula is C21H21ClN6O. The van der Waals surface area contributed by atoms with Crippen molar-refractivity contribution in [1.82, 2.24) is 29.8 Å². The van der Waals surface area contributed by atoms with Crippen molar-refractivity contribution in [2.75, 3.05) is 32.7 Å². The molecular weight excluding hydrogens is 388 g/mol. The summed E-state index contributed by atoms with van der Waals surface area (Å²) < 4.78 is 1.66. The van der Waals surface area contributed by atoms with E-state index in [1.165, 1.54) is 0 Å². The average molecular weight is 409 g/mol. The van der Waals surface area contributed by atoms with E-state index < -0.39 is 0 Å². The van der Waals surface area contributed by atoms with Crippen LogP contribution < -0.4 is 0 Å². The van der Waals surface area contributed by atoms with E-state index in [0.29, 0.717) is 29.5 Å². The third kappa shape index (κ3) is 4.06. The standard InChI is InChI=1S/C21H21ClN6O/c1-2-10-26-11-13-27(14-12-26)21(29)19-20(16-4-3-9-23-15-16)28(25-24-19)18-7-5-17(22)6-8-18/h2-9,15H,1,10-14H2. The summed E-state index contributed by atoms with van der Waals surface area (Å²) in [6.45, 7) is 7.52. The fourth-order valence-electron chi connectivity index (χ4n) is 3.42. The van der Waals surface area contributed by atoms with Gasteiger partial charge in [0.1, 0.15) is 5.69 Å². The van der Waals surface area contributed by atoms with Crippen LogP contribution in [0.2, 0.25) is 5.02 Å². The molecule has 0 unspecified atom stereocenters. The summed E-state index contributed by atoms with van der Waals surface area (Å²) in [5, 5.41) is 9.16. The fraction of sp³-hybridized carbons (Fsp3) is 0.238. The highest BCUT2D eigenvalue weighted by molar-refractivity contribution is 6.30. The molecule has 0 saturated carbocycles. The summed E-state index contributed by atoms with van der Waals surface area (Å²) in [5.74, 6) is -0.123. The van der Waals surface area contributed by atoms with Gasteiger partial charge in [-0.2, -0.15) is 0 Å². The Hall–Kier alpha value is -3.03. The number of amides is 1. The van der Waals surface area contributed by atoms with E-state index in [1.807, 2.05) is 35.2 Å². The number of benzene rings is 1. The highest BCUT2D eigenvalue weighted by Gasteiger charge is 2.28. The number of aromatic nitrogens is 4. The Morgan fingerprint density at radius 3 is 2.55 bits per heavy atom. The van der Waals surface area contributed by atoms with E-state index in [-0.39, 0.29) is 5.91 Å². The molecule has 1 amide bonds. The molecule has 29 heavy (non-hydrogen) atoms. The van der Waals surface area contributed by atoms with Gasteiger partial charge in [-0.3, -0.25) is 14.7 Å². The molecule has 0 N–H and O–H groups in total. The Labute approximate surface area is 174 Å². The lowest BCUT2D eigenvalue weighted by Gasteiger charge is -2.33. The lowest BCUT2D eigenvalue weighted by atomic mass is 10.1. The minimum absolute atomic E-state index is 0.123. The van der Waals surface area contributed by atoms with Gasteiger partial charge in [0.15, 0.2) is 5.69 Å². The number of nitrogens with zero attached hydrogens (tertiary/aromatic N) is 6. The zero-order valence-electron chi connectivity index (χ0n) is 15.9. The van der Waals surface area contributed by atoms with Gasteiger partial charge in [0.25, 0.3) is 5.91 Å². The first-order chi connectivity index (χ1) is 14.2. The van der Waals surface area contributed by atoms with Crippen LogP contribution in [0, 0.1) is 0 Å². The molecule has 0 bridgehead atoms. The highest BCUT2D eigenvalue weighted by atomic mass is 35.5. The maximum atomic E-state index is 13.3. The molecule has 1 saturated heterocycles.